The quantitative estimate of drug-likeness (QED) is 0.274. The molecule has 0 aliphatic carbocycles. The van der Waals surface area contributed by atoms with Crippen molar-refractivity contribution in [2.45, 2.75) is 19.4 Å². The number of aromatic hydroxyl groups is 1. The van der Waals surface area contributed by atoms with Gasteiger partial charge in [-0.15, -0.1) is 0 Å². The Morgan fingerprint density at radius 2 is 1.50 bits per heavy atom. The fourth-order valence-electron chi connectivity index (χ4n) is 4.14. The summed E-state index contributed by atoms with van der Waals surface area (Å²) in [7, 11) is 0. The second-order valence-corrected chi connectivity index (χ2v) is 8.63. The molecule has 1 saturated heterocycles. The van der Waals surface area contributed by atoms with Crippen LogP contribution < -0.4 is 5.32 Å². The maximum Gasteiger partial charge on any atom is 0.120 e. The van der Waals surface area contributed by atoms with Gasteiger partial charge in [0.25, 0.3) is 0 Å². The molecule has 1 aliphatic rings. The third kappa shape index (κ3) is 3.79. The maximum absolute atomic E-state index is 10.4. The van der Waals surface area contributed by atoms with Gasteiger partial charge >= 0.3 is 0 Å². The van der Waals surface area contributed by atoms with Gasteiger partial charge in [-0.1, -0.05) is 23.2 Å². The number of nitrogens with one attached hydrogen (secondary N) is 1. The number of phenols is 1. The molecule has 1 aromatic heterocycles. The Bertz CT molecular complexity index is 1190. The number of halogens is 2. The Labute approximate surface area is 185 Å². The van der Waals surface area contributed by atoms with E-state index in [1.54, 1.807) is 6.07 Å². The molecule has 4 nitrogen and oxygen atoms in total. The smallest absolute Gasteiger partial charge is 0.120 e. The van der Waals surface area contributed by atoms with Gasteiger partial charge in [-0.2, -0.15) is 0 Å². The van der Waals surface area contributed by atoms with Gasteiger partial charge in [-0.05, 0) is 80.5 Å². The van der Waals surface area contributed by atoms with Crippen molar-refractivity contribution >= 4 is 56.4 Å². The largest absolute Gasteiger partial charge is 0.508 e. The molecule has 0 atom stereocenters. The minimum absolute atomic E-state index is 0.322. The number of hydrogen-bond donors (Lipinski definition) is 2. The van der Waals surface area contributed by atoms with Crippen LogP contribution in [0.3, 0.4) is 0 Å². The number of benzene rings is 3. The monoisotopic (exact) mass is 437 g/mol. The molecule has 30 heavy (non-hydrogen) atoms. The maximum atomic E-state index is 10.4. The molecule has 0 saturated carbocycles. The summed E-state index contributed by atoms with van der Waals surface area (Å²) in [5, 5.41) is 17.1. The molecule has 4 aromatic rings. The standard InChI is InChI=1S/C24H21Cl2N3O/c25-16-3-6-21-19(12-16)24(20-13-17(26)4-7-22(20)28-21)27-18-5-8-23(30)15(11-18)14-29-9-1-2-10-29/h3-8,11-13,30H,1-2,9-10,14H2,(H,27,28). The summed E-state index contributed by atoms with van der Waals surface area (Å²) in [5.74, 6) is 0.322. The summed E-state index contributed by atoms with van der Waals surface area (Å²) in [6.07, 6.45) is 2.43. The average Bonchev–Trinajstić information content (AvgIpc) is 3.24. The zero-order valence-corrected chi connectivity index (χ0v) is 17.8. The lowest BCUT2D eigenvalue weighted by Gasteiger charge is -2.18. The number of rotatable bonds is 4. The summed E-state index contributed by atoms with van der Waals surface area (Å²) in [6.45, 7) is 2.90. The molecule has 0 spiro atoms. The second kappa shape index (κ2) is 7.95. The first-order chi connectivity index (χ1) is 14.6. The fraction of sp³-hybridized carbons (Fsp3) is 0.208. The number of pyridine rings is 1. The molecule has 6 heteroatoms. The normalized spacial score (nSPS) is 14.6. The Balaban J connectivity index is 1.61. The predicted octanol–water partition coefficient (Wildman–Crippen LogP) is 6.74. The Morgan fingerprint density at radius 1 is 0.867 bits per heavy atom. The lowest BCUT2D eigenvalue weighted by Crippen LogP contribution is -2.18. The summed E-state index contributed by atoms with van der Waals surface area (Å²) in [5.41, 5.74) is 4.43. The van der Waals surface area contributed by atoms with Crippen LogP contribution in [0.2, 0.25) is 10.0 Å². The molecule has 0 radical (unpaired) electrons. The third-order valence-corrected chi connectivity index (χ3v) is 6.11. The van der Waals surface area contributed by atoms with Crippen molar-refractivity contribution in [1.82, 2.24) is 9.88 Å². The van der Waals surface area contributed by atoms with Gasteiger partial charge in [-0.25, -0.2) is 4.98 Å². The molecular weight excluding hydrogens is 417 g/mol. The molecular formula is C24H21Cl2N3O. The fourth-order valence-corrected chi connectivity index (χ4v) is 4.48. The highest BCUT2D eigenvalue weighted by molar-refractivity contribution is 6.32. The summed E-state index contributed by atoms with van der Waals surface area (Å²) < 4.78 is 0. The van der Waals surface area contributed by atoms with Crippen LogP contribution in [0.4, 0.5) is 11.4 Å². The van der Waals surface area contributed by atoms with Crippen molar-refractivity contribution in [3.63, 3.8) is 0 Å². The number of fused-ring (bicyclic) bond motifs is 2. The van der Waals surface area contributed by atoms with Crippen LogP contribution in [0.25, 0.3) is 21.8 Å². The van der Waals surface area contributed by atoms with Crippen molar-refractivity contribution in [3.05, 3.63) is 70.2 Å². The van der Waals surface area contributed by atoms with E-state index in [0.717, 1.165) is 58.4 Å². The minimum Gasteiger partial charge on any atom is -0.508 e. The van der Waals surface area contributed by atoms with Gasteiger partial charge in [0, 0.05) is 38.6 Å². The molecule has 1 aliphatic heterocycles. The third-order valence-electron chi connectivity index (χ3n) is 5.64. The zero-order chi connectivity index (χ0) is 20.7. The Hall–Kier alpha value is -2.53. The van der Waals surface area contributed by atoms with E-state index in [1.165, 1.54) is 12.8 Å². The molecule has 1 fully saturated rings. The lowest BCUT2D eigenvalue weighted by molar-refractivity contribution is 0.324. The van der Waals surface area contributed by atoms with Gasteiger partial charge in [0.2, 0.25) is 0 Å². The van der Waals surface area contributed by atoms with E-state index in [2.05, 4.69) is 10.2 Å². The first-order valence-electron chi connectivity index (χ1n) is 10.1. The molecule has 5 rings (SSSR count). The van der Waals surface area contributed by atoms with Crippen molar-refractivity contribution in [1.29, 1.82) is 0 Å². The molecule has 0 bridgehead atoms. The van der Waals surface area contributed by atoms with Crippen molar-refractivity contribution in [2.24, 2.45) is 0 Å². The number of phenolic OH excluding ortho intramolecular Hbond substituents is 1. The van der Waals surface area contributed by atoms with Gasteiger partial charge in [0.1, 0.15) is 5.75 Å². The Kier molecular flexibility index (Phi) is 5.15. The van der Waals surface area contributed by atoms with E-state index in [1.807, 2.05) is 48.5 Å². The molecule has 0 amide bonds. The summed E-state index contributed by atoms with van der Waals surface area (Å²) in [6, 6.07) is 17.0. The first-order valence-corrected chi connectivity index (χ1v) is 10.8. The highest BCUT2D eigenvalue weighted by atomic mass is 35.5. The van der Waals surface area contributed by atoms with Crippen molar-refractivity contribution in [2.75, 3.05) is 18.4 Å². The average molecular weight is 438 g/mol. The summed E-state index contributed by atoms with van der Waals surface area (Å²) in [4.78, 5) is 7.13. The highest BCUT2D eigenvalue weighted by Crippen LogP contribution is 2.36. The van der Waals surface area contributed by atoms with E-state index in [9.17, 15) is 5.11 Å². The van der Waals surface area contributed by atoms with Crippen LogP contribution in [0, 0.1) is 0 Å². The molecule has 0 unspecified atom stereocenters. The van der Waals surface area contributed by atoms with Crippen LogP contribution in [-0.2, 0) is 6.54 Å². The van der Waals surface area contributed by atoms with Crippen molar-refractivity contribution in [3.8, 4) is 5.75 Å². The van der Waals surface area contributed by atoms with Gasteiger partial charge in [0.15, 0.2) is 0 Å². The number of aromatic nitrogens is 1. The minimum atomic E-state index is 0.322. The lowest BCUT2D eigenvalue weighted by atomic mass is 10.1. The number of anilines is 2. The molecule has 2 heterocycles. The topological polar surface area (TPSA) is 48.4 Å². The van der Waals surface area contributed by atoms with Crippen LogP contribution in [-0.4, -0.2) is 28.1 Å². The number of nitrogens with zero attached hydrogens (tertiary/aromatic N) is 2. The van der Waals surface area contributed by atoms with E-state index in [4.69, 9.17) is 28.2 Å². The zero-order valence-electron chi connectivity index (χ0n) is 16.3. The Morgan fingerprint density at radius 3 is 2.13 bits per heavy atom. The summed E-state index contributed by atoms with van der Waals surface area (Å²) >= 11 is 12.6. The first kappa shape index (κ1) is 19.4. The van der Waals surface area contributed by atoms with Gasteiger partial charge in [0.05, 0.1) is 16.7 Å². The van der Waals surface area contributed by atoms with E-state index < -0.39 is 0 Å². The van der Waals surface area contributed by atoms with Gasteiger partial charge < -0.3 is 10.4 Å². The molecule has 3 aromatic carbocycles. The molecule has 152 valence electrons. The predicted molar refractivity (Wildman–Crippen MR) is 125 cm³/mol. The second-order valence-electron chi connectivity index (χ2n) is 7.76. The van der Waals surface area contributed by atoms with E-state index in [0.29, 0.717) is 15.8 Å². The van der Waals surface area contributed by atoms with Crippen LogP contribution in [0.1, 0.15) is 18.4 Å². The van der Waals surface area contributed by atoms with Crippen molar-refractivity contribution < 1.29 is 5.11 Å². The van der Waals surface area contributed by atoms with Crippen LogP contribution in [0.5, 0.6) is 5.75 Å². The van der Waals surface area contributed by atoms with E-state index in [-0.39, 0.29) is 0 Å². The number of likely N-dealkylation sites (tertiary alicyclic amines) is 1. The van der Waals surface area contributed by atoms with Crippen LogP contribution >= 0.6 is 23.2 Å². The van der Waals surface area contributed by atoms with Crippen LogP contribution in [0.15, 0.2) is 54.6 Å². The highest BCUT2D eigenvalue weighted by Gasteiger charge is 2.15. The van der Waals surface area contributed by atoms with Gasteiger partial charge in [-0.3, -0.25) is 4.90 Å². The SMILES string of the molecule is Oc1ccc(Nc2c3cc(Cl)ccc3nc3ccc(Cl)cc23)cc1CN1CCCC1. The van der Waals surface area contributed by atoms with E-state index >= 15 is 0 Å². The number of hydrogen-bond acceptors (Lipinski definition) is 4. The molecule has 2 N–H and O–H groups in total.